The summed E-state index contributed by atoms with van der Waals surface area (Å²) in [5, 5.41) is 10.2. The van der Waals surface area contributed by atoms with Crippen molar-refractivity contribution in [3.05, 3.63) is 64.7 Å². The first kappa shape index (κ1) is 17.4. The normalized spacial score (nSPS) is 12.8. The number of carbonyl (C=O) groups excluding carboxylic acids is 1. The lowest BCUT2D eigenvalue weighted by Crippen LogP contribution is -2.36. The van der Waals surface area contributed by atoms with Crippen LogP contribution in [0.25, 0.3) is 0 Å². The van der Waals surface area contributed by atoms with E-state index < -0.39 is 17.8 Å². The van der Waals surface area contributed by atoms with Gasteiger partial charge in [-0.15, -0.1) is 0 Å². The number of Topliss-reactive ketones (excluding diaryl/α,β-unsaturated/α-hetero) is 1. The molecule has 2 aromatic rings. The van der Waals surface area contributed by atoms with Crippen molar-refractivity contribution in [3.63, 3.8) is 0 Å². The summed E-state index contributed by atoms with van der Waals surface area (Å²) >= 11 is 5.73. The van der Waals surface area contributed by atoms with Gasteiger partial charge in [-0.1, -0.05) is 35.9 Å². The van der Waals surface area contributed by atoms with E-state index in [2.05, 4.69) is 0 Å². The fraction of sp³-hybridized carbons (Fsp3) is 0.235. The van der Waals surface area contributed by atoms with E-state index in [9.17, 15) is 18.7 Å². The van der Waals surface area contributed by atoms with Crippen molar-refractivity contribution in [3.8, 4) is 0 Å². The van der Waals surface area contributed by atoms with E-state index in [-0.39, 0.29) is 16.1 Å². The maximum absolute atomic E-state index is 14.4. The molecule has 1 N–H and O–H groups in total. The van der Waals surface area contributed by atoms with Gasteiger partial charge < -0.3 is 10.0 Å². The van der Waals surface area contributed by atoms with Crippen LogP contribution in [0.5, 0.6) is 0 Å². The second-order valence-corrected chi connectivity index (χ2v) is 5.79. The van der Waals surface area contributed by atoms with Crippen molar-refractivity contribution in [1.29, 1.82) is 0 Å². The predicted molar refractivity (Wildman–Crippen MR) is 86.5 cm³/mol. The van der Waals surface area contributed by atoms with Gasteiger partial charge in [0.15, 0.2) is 6.10 Å². The molecule has 0 spiro atoms. The Kier molecular flexibility index (Phi) is 5.02. The molecule has 0 aliphatic carbocycles. The Hall–Kier alpha value is -1.98. The number of halogens is 3. The number of aliphatic hydroxyl groups is 1. The number of hydrogen-bond acceptors (Lipinski definition) is 3. The molecule has 0 amide bonds. The minimum absolute atomic E-state index is 0.0309. The Morgan fingerprint density at radius 2 is 1.83 bits per heavy atom. The lowest BCUT2D eigenvalue weighted by Gasteiger charge is -2.23. The zero-order valence-corrected chi connectivity index (χ0v) is 13.4. The van der Waals surface area contributed by atoms with Gasteiger partial charge in [0.25, 0.3) is 0 Å². The summed E-state index contributed by atoms with van der Waals surface area (Å²) in [6.07, 6.45) is -2.24. The van der Waals surface area contributed by atoms with Crippen molar-refractivity contribution < 1.29 is 18.7 Å². The number of alkyl halides is 2. The van der Waals surface area contributed by atoms with E-state index in [0.29, 0.717) is 5.69 Å². The summed E-state index contributed by atoms with van der Waals surface area (Å²) in [6.45, 7) is 0. The molecule has 0 fully saturated rings. The van der Waals surface area contributed by atoms with Crippen molar-refractivity contribution >= 4 is 23.1 Å². The number of ketones is 1. The van der Waals surface area contributed by atoms with Gasteiger partial charge in [0.2, 0.25) is 5.78 Å². The average Bonchev–Trinajstić information content (AvgIpc) is 2.53. The van der Waals surface area contributed by atoms with Gasteiger partial charge in [-0.3, -0.25) is 4.79 Å². The molecule has 2 aromatic carbocycles. The Labute approximate surface area is 138 Å². The lowest BCUT2D eigenvalue weighted by molar-refractivity contribution is -0.0792. The predicted octanol–water partition coefficient (Wildman–Crippen LogP) is 3.96. The van der Waals surface area contributed by atoms with E-state index in [1.54, 1.807) is 31.1 Å². The summed E-state index contributed by atoms with van der Waals surface area (Å²) in [6, 6.07) is 11.3. The first-order valence-electron chi connectivity index (χ1n) is 6.87. The molecular weight excluding hydrogens is 324 g/mol. The quantitative estimate of drug-likeness (QED) is 0.838. The van der Waals surface area contributed by atoms with E-state index in [1.807, 2.05) is 0 Å². The third-order valence-electron chi connectivity index (χ3n) is 3.44. The number of anilines is 1. The number of hydrogen-bond donors (Lipinski definition) is 1. The summed E-state index contributed by atoms with van der Waals surface area (Å²) in [5.74, 6) is -5.43. The van der Waals surface area contributed by atoms with Gasteiger partial charge in [-0.2, -0.15) is 8.78 Å². The third-order valence-corrected chi connectivity index (χ3v) is 3.67. The highest BCUT2D eigenvalue weighted by Crippen LogP contribution is 2.35. The smallest absolute Gasteiger partial charge is 0.339 e. The highest BCUT2D eigenvalue weighted by molar-refractivity contribution is 6.31. The van der Waals surface area contributed by atoms with Crippen molar-refractivity contribution in [2.45, 2.75) is 12.0 Å². The molecule has 6 heteroatoms. The Morgan fingerprint density at radius 3 is 2.43 bits per heavy atom. The van der Waals surface area contributed by atoms with Crippen molar-refractivity contribution in [2.24, 2.45) is 0 Å². The summed E-state index contributed by atoms with van der Waals surface area (Å²) in [7, 11) is 3.50. The topological polar surface area (TPSA) is 40.5 Å². The molecule has 0 aliphatic rings. The molecule has 0 radical (unpaired) electrons. The molecule has 1 unspecified atom stereocenters. The Morgan fingerprint density at radius 1 is 1.17 bits per heavy atom. The summed E-state index contributed by atoms with van der Waals surface area (Å²) < 4.78 is 28.8. The van der Waals surface area contributed by atoms with E-state index in [1.165, 1.54) is 30.3 Å². The minimum atomic E-state index is -3.96. The van der Waals surface area contributed by atoms with Crippen LogP contribution in [-0.2, 0) is 0 Å². The number of benzene rings is 2. The number of rotatable bonds is 5. The molecule has 0 saturated heterocycles. The first-order valence-corrected chi connectivity index (χ1v) is 7.25. The van der Waals surface area contributed by atoms with Gasteiger partial charge in [0, 0.05) is 30.4 Å². The van der Waals surface area contributed by atoms with E-state index in [4.69, 9.17) is 11.6 Å². The highest BCUT2D eigenvalue weighted by atomic mass is 35.5. The fourth-order valence-electron chi connectivity index (χ4n) is 2.13. The van der Waals surface area contributed by atoms with Gasteiger partial charge in [0.05, 0.1) is 0 Å². The lowest BCUT2D eigenvalue weighted by atomic mass is 9.96. The average molecular weight is 340 g/mol. The summed E-state index contributed by atoms with van der Waals surface area (Å²) in [4.78, 5) is 13.8. The molecule has 1 atom stereocenters. The highest BCUT2D eigenvalue weighted by Gasteiger charge is 2.47. The molecule has 0 saturated carbocycles. The molecule has 0 aromatic heterocycles. The van der Waals surface area contributed by atoms with Crippen LogP contribution in [-0.4, -0.2) is 30.9 Å². The van der Waals surface area contributed by atoms with Gasteiger partial charge in [-0.25, -0.2) is 0 Å². The van der Waals surface area contributed by atoms with Crippen LogP contribution in [0, 0.1) is 0 Å². The molecular formula is C17H16ClF2NO2. The maximum Gasteiger partial charge on any atom is 0.339 e. The van der Waals surface area contributed by atoms with Crippen LogP contribution in [0.4, 0.5) is 14.5 Å². The molecule has 0 aliphatic heterocycles. The monoisotopic (exact) mass is 339 g/mol. The fourth-order valence-corrected chi connectivity index (χ4v) is 2.32. The van der Waals surface area contributed by atoms with Crippen molar-refractivity contribution in [1.82, 2.24) is 0 Å². The second kappa shape index (κ2) is 6.64. The largest absolute Gasteiger partial charge is 0.382 e. The van der Waals surface area contributed by atoms with Gasteiger partial charge >= 0.3 is 5.92 Å². The maximum atomic E-state index is 14.4. The second-order valence-electron chi connectivity index (χ2n) is 5.35. The molecule has 23 heavy (non-hydrogen) atoms. The SMILES string of the molecule is CN(C)c1cccc(C(O)C(F)(F)C(=O)c2cccc(Cl)c2)c1. The summed E-state index contributed by atoms with van der Waals surface area (Å²) in [5.41, 5.74) is 0.370. The Balaban J connectivity index is 2.34. The van der Waals surface area contributed by atoms with Crippen LogP contribution in [0.15, 0.2) is 48.5 Å². The van der Waals surface area contributed by atoms with Crippen molar-refractivity contribution in [2.75, 3.05) is 19.0 Å². The van der Waals surface area contributed by atoms with Gasteiger partial charge in [-0.05, 0) is 29.8 Å². The van der Waals surface area contributed by atoms with E-state index in [0.717, 1.165) is 6.07 Å². The van der Waals surface area contributed by atoms with Gasteiger partial charge in [0.1, 0.15) is 0 Å². The van der Waals surface area contributed by atoms with Crippen LogP contribution in [0.2, 0.25) is 5.02 Å². The molecule has 0 heterocycles. The first-order chi connectivity index (χ1) is 10.7. The van der Waals surface area contributed by atoms with Crippen LogP contribution in [0.3, 0.4) is 0 Å². The zero-order chi connectivity index (χ0) is 17.2. The number of aliphatic hydroxyl groups excluding tert-OH is 1. The van der Waals surface area contributed by atoms with Crippen LogP contribution < -0.4 is 4.90 Å². The minimum Gasteiger partial charge on any atom is -0.382 e. The molecule has 2 rings (SSSR count). The Bertz CT molecular complexity index is 719. The molecule has 122 valence electrons. The number of nitrogens with zero attached hydrogens (tertiary/aromatic N) is 1. The van der Waals surface area contributed by atoms with E-state index >= 15 is 0 Å². The number of carbonyl (C=O) groups is 1. The van der Waals surface area contributed by atoms with Crippen LogP contribution in [0.1, 0.15) is 22.0 Å². The van der Waals surface area contributed by atoms with Crippen LogP contribution >= 0.6 is 11.6 Å². The molecule has 3 nitrogen and oxygen atoms in total. The molecule has 0 bridgehead atoms. The third kappa shape index (κ3) is 3.68. The standard InChI is InChI=1S/C17H16ClF2NO2/c1-21(2)14-8-4-6-12(10-14)16(23)17(19,20)15(22)11-5-3-7-13(18)9-11/h3-10,16,23H,1-2H3. The zero-order valence-electron chi connectivity index (χ0n) is 12.6.